The minimum Gasteiger partial charge on any atom is -0.485 e. The monoisotopic (exact) mass is 262 g/mol. The Morgan fingerprint density at radius 2 is 1.74 bits per heavy atom. The first-order valence-electron chi connectivity index (χ1n) is 5.74. The van der Waals surface area contributed by atoms with Crippen molar-refractivity contribution in [3.8, 4) is 5.75 Å². The van der Waals surface area contributed by atoms with E-state index in [1.807, 2.05) is 19.1 Å². The summed E-state index contributed by atoms with van der Waals surface area (Å²) in [6.07, 6.45) is 0. The second-order valence-electron chi connectivity index (χ2n) is 4.15. The number of hydrogen-bond acceptors (Lipinski definition) is 2. The largest absolute Gasteiger partial charge is 0.485 e. The van der Waals surface area contributed by atoms with Crippen molar-refractivity contribution in [1.29, 1.82) is 0 Å². The summed E-state index contributed by atoms with van der Waals surface area (Å²) in [6, 6.07) is 10.2. The smallest absolute Gasteiger partial charge is 0.200 e. The van der Waals surface area contributed by atoms with E-state index in [1.165, 1.54) is 6.07 Å². The van der Waals surface area contributed by atoms with Gasteiger partial charge in [0.15, 0.2) is 24.0 Å². The van der Waals surface area contributed by atoms with Crippen LogP contribution in [0.3, 0.4) is 0 Å². The summed E-state index contributed by atoms with van der Waals surface area (Å²) in [5.41, 5.74) is 1.58. The molecule has 0 radical (unpaired) electrons. The molecule has 0 aliphatic carbocycles. The molecule has 0 atom stereocenters. The zero-order valence-electron chi connectivity index (χ0n) is 10.3. The highest BCUT2D eigenvalue weighted by atomic mass is 19.2. The molecule has 0 saturated carbocycles. The highest BCUT2D eigenvalue weighted by Crippen LogP contribution is 2.15. The predicted octanol–water partition coefficient (Wildman–Crippen LogP) is 3.53. The molecule has 0 aliphatic rings. The standard InChI is InChI=1S/C15H12F2O2/c1-10-2-4-11(5-3-10)15(18)9-19-12-6-7-13(16)14(17)8-12/h2-8H,9H2,1H3. The fourth-order valence-electron chi connectivity index (χ4n) is 1.54. The van der Waals surface area contributed by atoms with E-state index in [1.54, 1.807) is 12.1 Å². The first-order chi connectivity index (χ1) is 9.06. The van der Waals surface area contributed by atoms with Crippen LogP contribution in [-0.2, 0) is 0 Å². The summed E-state index contributed by atoms with van der Waals surface area (Å²) in [4.78, 5) is 11.8. The van der Waals surface area contributed by atoms with Gasteiger partial charge in [0.2, 0.25) is 0 Å². The van der Waals surface area contributed by atoms with Crippen molar-refractivity contribution in [2.75, 3.05) is 6.61 Å². The number of Topliss-reactive ketones (excluding diaryl/α,β-unsaturated/α-hetero) is 1. The molecule has 0 fully saturated rings. The Kier molecular flexibility index (Phi) is 3.90. The van der Waals surface area contributed by atoms with E-state index in [-0.39, 0.29) is 18.1 Å². The van der Waals surface area contributed by atoms with Crippen molar-refractivity contribution in [3.05, 3.63) is 65.2 Å². The lowest BCUT2D eigenvalue weighted by Gasteiger charge is -2.06. The molecule has 98 valence electrons. The maximum atomic E-state index is 12.9. The molecule has 0 aliphatic heterocycles. The average molecular weight is 262 g/mol. The summed E-state index contributed by atoms with van der Waals surface area (Å²) in [6.45, 7) is 1.71. The molecule has 0 aromatic heterocycles. The topological polar surface area (TPSA) is 26.3 Å². The van der Waals surface area contributed by atoms with Gasteiger partial charge < -0.3 is 4.74 Å². The fourth-order valence-corrected chi connectivity index (χ4v) is 1.54. The Labute approximate surface area is 109 Å². The number of rotatable bonds is 4. The summed E-state index contributed by atoms with van der Waals surface area (Å²) >= 11 is 0. The van der Waals surface area contributed by atoms with Gasteiger partial charge in [-0.05, 0) is 19.1 Å². The van der Waals surface area contributed by atoms with Crippen LogP contribution in [0, 0.1) is 18.6 Å². The van der Waals surface area contributed by atoms with Gasteiger partial charge in [0.05, 0.1) is 0 Å². The first kappa shape index (κ1) is 13.2. The van der Waals surface area contributed by atoms with Crippen LogP contribution in [0.1, 0.15) is 15.9 Å². The van der Waals surface area contributed by atoms with Gasteiger partial charge in [-0.1, -0.05) is 29.8 Å². The lowest BCUT2D eigenvalue weighted by Crippen LogP contribution is -2.11. The van der Waals surface area contributed by atoms with Crippen LogP contribution in [-0.4, -0.2) is 12.4 Å². The summed E-state index contributed by atoms with van der Waals surface area (Å²) in [5.74, 6) is -2.04. The number of aryl methyl sites for hydroxylation is 1. The first-order valence-corrected chi connectivity index (χ1v) is 5.74. The van der Waals surface area contributed by atoms with Crippen LogP contribution in [0.15, 0.2) is 42.5 Å². The highest BCUT2D eigenvalue weighted by molar-refractivity contribution is 5.97. The molecule has 0 saturated heterocycles. The number of halogens is 2. The quantitative estimate of drug-likeness (QED) is 0.788. The van der Waals surface area contributed by atoms with Crippen molar-refractivity contribution in [3.63, 3.8) is 0 Å². The maximum absolute atomic E-state index is 12.9. The number of benzene rings is 2. The van der Waals surface area contributed by atoms with Gasteiger partial charge in [-0.3, -0.25) is 4.79 Å². The summed E-state index contributed by atoms with van der Waals surface area (Å²) in [7, 11) is 0. The van der Waals surface area contributed by atoms with E-state index in [0.29, 0.717) is 5.56 Å². The van der Waals surface area contributed by atoms with Gasteiger partial charge in [0.1, 0.15) is 5.75 Å². The SMILES string of the molecule is Cc1ccc(C(=O)COc2ccc(F)c(F)c2)cc1. The van der Waals surface area contributed by atoms with E-state index in [9.17, 15) is 13.6 Å². The van der Waals surface area contributed by atoms with Crippen LogP contribution in [0.5, 0.6) is 5.75 Å². The molecule has 0 N–H and O–H groups in total. The normalized spacial score (nSPS) is 10.3. The van der Waals surface area contributed by atoms with Crippen molar-refractivity contribution >= 4 is 5.78 Å². The number of carbonyl (C=O) groups excluding carboxylic acids is 1. The van der Waals surface area contributed by atoms with Crippen molar-refractivity contribution in [2.45, 2.75) is 6.92 Å². The van der Waals surface area contributed by atoms with Gasteiger partial charge in [0.25, 0.3) is 0 Å². The Bertz CT molecular complexity index is 592. The van der Waals surface area contributed by atoms with Crippen molar-refractivity contribution in [1.82, 2.24) is 0 Å². The third-order valence-corrected chi connectivity index (χ3v) is 2.63. The van der Waals surface area contributed by atoms with Crippen LogP contribution in [0.4, 0.5) is 8.78 Å². The van der Waals surface area contributed by atoms with Gasteiger partial charge in [-0.2, -0.15) is 0 Å². The predicted molar refractivity (Wildman–Crippen MR) is 67.4 cm³/mol. The second-order valence-corrected chi connectivity index (χ2v) is 4.15. The molecule has 0 unspecified atom stereocenters. The molecule has 2 aromatic rings. The second kappa shape index (κ2) is 5.61. The molecule has 0 heterocycles. The van der Waals surface area contributed by atoms with Crippen LogP contribution in [0.2, 0.25) is 0 Å². The number of hydrogen-bond donors (Lipinski definition) is 0. The van der Waals surface area contributed by atoms with Gasteiger partial charge in [0, 0.05) is 11.6 Å². The van der Waals surface area contributed by atoms with E-state index < -0.39 is 11.6 Å². The highest BCUT2D eigenvalue weighted by Gasteiger charge is 2.08. The summed E-state index contributed by atoms with van der Waals surface area (Å²) < 4.78 is 30.8. The van der Waals surface area contributed by atoms with E-state index >= 15 is 0 Å². The molecule has 0 amide bonds. The zero-order valence-corrected chi connectivity index (χ0v) is 10.3. The van der Waals surface area contributed by atoms with E-state index in [4.69, 9.17) is 4.74 Å². The summed E-state index contributed by atoms with van der Waals surface area (Å²) in [5, 5.41) is 0. The average Bonchev–Trinajstić information content (AvgIpc) is 2.40. The fraction of sp³-hybridized carbons (Fsp3) is 0.133. The minimum atomic E-state index is -1.000. The van der Waals surface area contributed by atoms with Gasteiger partial charge in [-0.15, -0.1) is 0 Å². The lowest BCUT2D eigenvalue weighted by atomic mass is 10.1. The lowest BCUT2D eigenvalue weighted by molar-refractivity contribution is 0.0921. The van der Waals surface area contributed by atoms with Crippen LogP contribution in [0.25, 0.3) is 0 Å². The Hall–Kier alpha value is -2.23. The molecule has 0 bridgehead atoms. The molecule has 2 aromatic carbocycles. The number of ketones is 1. The van der Waals surface area contributed by atoms with Gasteiger partial charge >= 0.3 is 0 Å². The number of ether oxygens (including phenoxy) is 1. The van der Waals surface area contributed by atoms with Crippen molar-refractivity contribution in [2.24, 2.45) is 0 Å². The molecular formula is C15H12F2O2. The molecule has 2 rings (SSSR count). The molecular weight excluding hydrogens is 250 g/mol. The Morgan fingerprint density at radius 3 is 2.37 bits per heavy atom. The van der Waals surface area contributed by atoms with Crippen LogP contribution >= 0.6 is 0 Å². The van der Waals surface area contributed by atoms with Gasteiger partial charge in [-0.25, -0.2) is 8.78 Å². The number of carbonyl (C=O) groups is 1. The minimum absolute atomic E-state index is 0.124. The Balaban J connectivity index is 2.00. The van der Waals surface area contributed by atoms with Crippen molar-refractivity contribution < 1.29 is 18.3 Å². The zero-order chi connectivity index (χ0) is 13.8. The third-order valence-electron chi connectivity index (χ3n) is 2.63. The molecule has 4 heteroatoms. The van der Waals surface area contributed by atoms with E-state index in [2.05, 4.69) is 0 Å². The molecule has 2 nitrogen and oxygen atoms in total. The Morgan fingerprint density at radius 1 is 1.05 bits per heavy atom. The third kappa shape index (κ3) is 3.37. The maximum Gasteiger partial charge on any atom is 0.200 e. The van der Waals surface area contributed by atoms with E-state index in [0.717, 1.165) is 17.7 Å². The molecule has 19 heavy (non-hydrogen) atoms. The van der Waals surface area contributed by atoms with Crippen LogP contribution < -0.4 is 4.74 Å². The molecule has 0 spiro atoms.